The van der Waals surface area contributed by atoms with Gasteiger partial charge in [0.05, 0.1) is 0 Å². The molecular weight excluding hydrogens is 306 g/mol. The van der Waals surface area contributed by atoms with Crippen LogP contribution in [0.4, 0.5) is 10.5 Å². The summed E-state index contributed by atoms with van der Waals surface area (Å²) >= 11 is 0. The molecule has 0 saturated heterocycles. The predicted octanol–water partition coefficient (Wildman–Crippen LogP) is 2.57. The van der Waals surface area contributed by atoms with Crippen molar-refractivity contribution < 1.29 is 14.3 Å². The maximum absolute atomic E-state index is 12.0. The van der Waals surface area contributed by atoms with Crippen LogP contribution in [0.3, 0.4) is 0 Å². The van der Waals surface area contributed by atoms with Crippen LogP contribution in [0.2, 0.25) is 0 Å². The SMILES string of the molecule is Cc1ccccc1COc1cccc(NC(=O)[C@@H](C)NC(N)=O)c1. The number of rotatable bonds is 6. The van der Waals surface area contributed by atoms with E-state index in [1.165, 1.54) is 0 Å². The van der Waals surface area contributed by atoms with Gasteiger partial charge in [0, 0.05) is 11.8 Å². The molecule has 126 valence electrons. The maximum Gasteiger partial charge on any atom is 0.312 e. The van der Waals surface area contributed by atoms with Crippen molar-refractivity contribution in [2.75, 3.05) is 5.32 Å². The molecule has 0 bridgehead atoms. The molecule has 0 spiro atoms. The van der Waals surface area contributed by atoms with Gasteiger partial charge in [0.25, 0.3) is 0 Å². The Bertz CT molecular complexity index is 731. The second-order valence-electron chi connectivity index (χ2n) is 5.46. The first kappa shape index (κ1) is 17.3. The summed E-state index contributed by atoms with van der Waals surface area (Å²) in [7, 11) is 0. The van der Waals surface area contributed by atoms with E-state index in [4.69, 9.17) is 10.5 Å². The number of hydrogen-bond donors (Lipinski definition) is 3. The molecule has 2 aromatic carbocycles. The van der Waals surface area contributed by atoms with E-state index < -0.39 is 12.1 Å². The van der Waals surface area contributed by atoms with Gasteiger partial charge in [0.2, 0.25) is 5.91 Å². The number of ether oxygens (including phenoxy) is 1. The monoisotopic (exact) mass is 327 g/mol. The summed E-state index contributed by atoms with van der Waals surface area (Å²) in [5.74, 6) is 0.288. The quantitative estimate of drug-likeness (QED) is 0.761. The first-order valence-electron chi connectivity index (χ1n) is 7.60. The molecule has 0 fully saturated rings. The molecule has 3 amide bonds. The summed E-state index contributed by atoms with van der Waals surface area (Å²) in [6, 6.07) is 13.6. The maximum atomic E-state index is 12.0. The van der Waals surface area contributed by atoms with Crippen molar-refractivity contribution in [1.29, 1.82) is 0 Å². The van der Waals surface area contributed by atoms with Gasteiger partial charge in [-0.1, -0.05) is 30.3 Å². The predicted molar refractivity (Wildman–Crippen MR) is 92.8 cm³/mol. The van der Waals surface area contributed by atoms with Crippen molar-refractivity contribution in [3.8, 4) is 5.75 Å². The molecule has 4 N–H and O–H groups in total. The van der Waals surface area contributed by atoms with Gasteiger partial charge in [-0.15, -0.1) is 0 Å². The lowest BCUT2D eigenvalue weighted by atomic mass is 10.1. The summed E-state index contributed by atoms with van der Waals surface area (Å²) in [6.07, 6.45) is 0. The average Bonchev–Trinajstić information content (AvgIpc) is 2.54. The number of carbonyl (C=O) groups excluding carboxylic acids is 2. The first-order valence-corrected chi connectivity index (χ1v) is 7.60. The van der Waals surface area contributed by atoms with Crippen LogP contribution in [-0.4, -0.2) is 18.0 Å². The largest absolute Gasteiger partial charge is 0.489 e. The normalized spacial score (nSPS) is 11.4. The molecule has 2 rings (SSSR count). The number of nitrogens with two attached hydrogens (primary N) is 1. The van der Waals surface area contributed by atoms with Crippen LogP contribution in [0, 0.1) is 6.92 Å². The zero-order valence-corrected chi connectivity index (χ0v) is 13.7. The zero-order valence-electron chi connectivity index (χ0n) is 13.7. The highest BCUT2D eigenvalue weighted by Crippen LogP contribution is 2.19. The molecule has 0 aliphatic heterocycles. The van der Waals surface area contributed by atoms with Crippen molar-refractivity contribution in [2.24, 2.45) is 5.73 Å². The van der Waals surface area contributed by atoms with Crippen LogP contribution in [0.15, 0.2) is 48.5 Å². The standard InChI is InChI=1S/C18H21N3O3/c1-12-6-3-4-7-14(12)11-24-16-9-5-8-15(10-16)21-17(22)13(2)20-18(19)23/h3-10,13H,11H2,1-2H3,(H,21,22)(H3,19,20,23)/t13-/m1/s1. The Morgan fingerprint density at radius 2 is 1.92 bits per heavy atom. The molecule has 24 heavy (non-hydrogen) atoms. The van der Waals surface area contributed by atoms with E-state index in [2.05, 4.69) is 10.6 Å². The lowest BCUT2D eigenvalue weighted by Gasteiger charge is -2.14. The molecule has 0 unspecified atom stereocenters. The third-order valence-corrected chi connectivity index (χ3v) is 3.51. The molecular formula is C18H21N3O3. The van der Waals surface area contributed by atoms with Crippen molar-refractivity contribution >= 4 is 17.6 Å². The van der Waals surface area contributed by atoms with Gasteiger partial charge < -0.3 is 21.1 Å². The Balaban J connectivity index is 1.97. The van der Waals surface area contributed by atoms with E-state index in [1.54, 1.807) is 25.1 Å². The van der Waals surface area contributed by atoms with Crippen LogP contribution < -0.4 is 21.1 Å². The number of anilines is 1. The summed E-state index contributed by atoms with van der Waals surface area (Å²) < 4.78 is 5.78. The summed E-state index contributed by atoms with van der Waals surface area (Å²) in [5, 5.41) is 5.03. The second-order valence-corrected chi connectivity index (χ2v) is 5.46. The summed E-state index contributed by atoms with van der Waals surface area (Å²) in [5.41, 5.74) is 7.85. The molecule has 0 aliphatic carbocycles. The van der Waals surface area contributed by atoms with Gasteiger partial charge in [-0.05, 0) is 37.1 Å². The highest BCUT2D eigenvalue weighted by atomic mass is 16.5. The van der Waals surface area contributed by atoms with E-state index in [0.717, 1.165) is 11.1 Å². The topological polar surface area (TPSA) is 93.4 Å². The van der Waals surface area contributed by atoms with Gasteiger partial charge in [-0.3, -0.25) is 4.79 Å². The van der Waals surface area contributed by atoms with Gasteiger partial charge in [0.15, 0.2) is 0 Å². The third-order valence-electron chi connectivity index (χ3n) is 3.51. The Kier molecular flexibility index (Phi) is 5.78. The molecule has 0 aliphatic rings. The lowest BCUT2D eigenvalue weighted by molar-refractivity contribution is -0.117. The van der Waals surface area contributed by atoms with Crippen LogP contribution in [0.1, 0.15) is 18.1 Å². The van der Waals surface area contributed by atoms with E-state index in [9.17, 15) is 9.59 Å². The van der Waals surface area contributed by atoms with Crippen molar-refractivity contribution in [2.45, 2.75) is 26.5 Å². The average molecular weight is 327 g/mol. The van der Waals surface area contributed by atoms with Crippen molar-refractivity contribution in [3.63, 3.8) is 0 Å². The highest BCUT2D eigenvalue weighted by Gasteiger charge is 2.14. The Morgan fingerprint density at radius 1 is 1.17 bits per heavy atom. The van der Waals surface area contributed by atoms with Crippen LogP contribution >= 0.6 is 0 Å². The molecule has 6 nitrogen and oxygen atoms in total. The minimum absolute atomic E-state index is 0.357. The Hall–Kier alpha value is -3.02. The second kappa shape index (κ2) is 8.01. The minimum Gasteiger partial charge on any atom is -0.489 e. The van der Waals surface area contributed by atoms with Crippen LogP contribution in [-0.2, 0) is 11.4 Å². The molecule has 1 atom stereocenters. The van der Waals surface area contributed by atoms with Crippen molar-refractivity contribution in [3.05, 3.63) is 59.7 Å². The van der Waals surface area contributed by atoms with Crippen LogP contribution in [0.25, 0.3) is 0 Å². The number of hydrogen-bond acceptors (Lipinski definition) is 3. The fraction of sp³-hybridized carbons (Fsp3) is 0.222. The molecule has 0 aromatic heterocycles. The fourth-order valence-electron chi connectivity index (χ4n) is 2.13. The smallest absolute Gasteiger partial charge is 0.312 e. The lowest BCUT2D eigenvalue weighted by Crippen LogP contribution is -2.44. The number of urea groups is 1. The van der Waals surface area contributed by atoms with E-state index in [0.29, 0.717) is 18.0 Å². The molecule has 0 heterocycles. The fourth-order valence-corrected chi connectivity index (χ4v) is 2.13. The number of amides is 3. The first-order chi connectivity index (χ1) is 11.5. The van der Waals surface area contributed by atoms with E-state index in [-0.39, 0.29) is 5.91 Å². The summed E-state index contributed by atoms with van der Waals surface area (Å²) in [6.45, 7) is 4.03. The van der Waals surface area contributed by atoms with Crippen molar-refractivity contribution in [1.82, 2.24) is 5.32 Å². The minimum atomic E-state index is -0.743. The Labute approximate surface area is 141 Å². The van der Waals surface area contributed by atoms with Gasteiger partial charge >= 0.3 is 6.03 Å². The number of carbonyl (C=O) groups is 2. The number of aryl methyl sites for hydroxylation is 1. The zero-order chi connectivity index (χ0) is 17.5. The molecule has 6 heteroatoms. The number of nitrogens with one attached hydrogen (secondary N) is 2. The van der Waals surface area contributed by atoms with E-state index in [1.807, 2.05) is 37.3 Å². The summed E-state index contributed by atoms with van der Waals surface area (Å²) in [4.78, 5) is 22.7. The molecule has 0 radical (unpaired) electrons. The third kappa shape index (κ3) is 5.01. The highest BCUT2D eigenvalue weighted by molar-refractivity contribution is 5.96. The van der Waals surface area contributed by atoms with Gasteiger partial charge in [0.1, 0.15) is 18.4 Å². The molecule has 0 saturated carbocycles. The Morgan fingerprint density at radius 3 is 2.62 bits per heavy atom. The van der Waals surface area contributed by atoms with Gasteiger partial charge in [-0.2, -0.15) is 0 Å². The van der Waals surface area contributed by atoms with Crippen LogP contribution in [0.5, 0.6) is 5.75 Å². The van der Waals surface area contributed by atoms with Gasteiger partial charge in [-0.25, -0.2) is 4.79 Å². The molecule has 2 aromatic rings. The number of benzene rings is 2. The van der Waals surface area contributed by atoms with E-state index >= 15 is 0 Å². The number of primary amides is 1.